The van der Waals surface area contributed by atoms with Crippen LogP contribution < -0.4 is 11.3 Å². The number of alkyl halides is 3. The number of pyridine rings is 1. The molecule has 0 spiro atoms. The third-order valence-corrected chi connectivity index (χ3v) is 1.67. The number of carbonyl (C=O) groups is 1. The van der Waals surface area contributed by atoms with Gasteiger partial charge in [-0.05, 0) is 0 Å². The lowest BCUT2D eigenvalue weighted by atomic mass is 10.2. The van der Waals surface area contributed by atoms with Crippen LogP contribution in [0.4, 0.5) is 18.9 Å². The number of anilines is 1. The van der Waals surface area contributed by atoms with Crippen LogP contribution in [0.25, 0.3) is 0 Å². The van der Waals surface area contributed by atoms with Crippen LogP contribution in [0, 0.1) is 0 Å². The summed E-state index contributed by atoms with van der Waals surface area (Å²) >= 11 is 0. The average molecular weight is 220 g/mol. The van der Waals surface area contributed by atoms with E-state index in [1.165, 1.54) is 0 Å². The van der Waals surface area contributed by atoms with E-state index in [9.17, 15) is 22.8 Å². The van der Waals surface area contributed by atoms with E-state index in [1.54, 1.807) is 0 Å². The molecule has 0 amide bonds. The number of rotatable bonds is 2. The fraction of sp³-hybridized carbons (Fsp3) is 0.250. The molecule has 1 heterocycles. The van der Waals surface area contributed by atoms with Crippen molar-refractivity contribution in [2.45, 2.75) is 12.7 Å². The fourth-order valence-corrected chi connectivity index (χ4v) is 1.02. The molecular weight excluding hydrogens is 213 g/mol. The van der Waals surface area contributed by atoms with Crippen LogP contribution in [0.15, 0.2) is 17.1 Å². The van der Waals surface area contributed by atoms with Crippen LogP contribution in [-0.4, -0.2) is 17.0 Å². The molecule has 4 nitrogen and oxygen atoms in total. The lowest BCUT2D eigenvalue weighted by Crippen LogP contribution is -2.28. The van der Waals surface area contributed by atoms with Gasteiger partial charge >= 0.3 is 6.18 Å². The second-order valence-electron chi connectivity index (χ2n) is 2.88. The minimum Gasteiger partial charge on any atom is -0.398 e. The van der Waals surface area contributed by atoms with Crippen molar-refractivity contribution >= 4 is 12.0 Å². The predicted octanol–water partition coefficient (Wildman–Crippen LogP) is 0.805. The van der Waals surface area contributed by atoms with Gasteiger partial charge in [0.15, 0.2) is 6.29 Å². The Kier molecular flexibility index (Phi) is 2.83. The van der Waals surface area contributed by atoms with Gasteiger partial charge < -0.3 is 10.3 Å². The minimum atomic E-state index is -4.51. The van der Waals surface area contributed by atoms with Crippen molar-refractivity contribution in [3.63, 3.8) is 0 Å². The summed E-state index contributed by atoms with van der Waals surface area (Å²) in [6.45, 7) is -1.44. The van der Waals surface area contributed by atoms with Gasteiger partial charge in [-0.3, -0.25) is 9.59 Å². The first kappa shape index (κ1) is 11.3. The van der Waals surface area contributed by atoms with Gasteiger partial charge in [-0.25, -0.2) is 0 Å². The van der Waals surface area contributed by atoms with E-state index in [0.717, 1.165) is 12.3 Å². The zero-order valence-electron chi connectivity index (χ0n) is 7.41. The number of halogens is 3. The van der Waals surface area contributed by atoms with Crippen molar-refractivity contribution < 1.29 is 18.0 Å². The first-order valence-corrected chi connectivity index (χ1v) is 3.85. The number of hydrogen-bond acceptors (Lipinski definition) is 3. The zero-order chi connectivity index (χ0) is 11.6. The molecule has 1 rings (SSSR count). The van der Waals surface area contributed by atoms with Crippen LogP contribution in [0.5, 0.6) is 0 Å². The molecule has 0 saturated heterocycles. The Balaban J connectivity index is 3.19. The molecule has 82 valence electrons. The highest BCUT2D eigenvalue weighted by Gasteiger charge is 2.28. The molecule has 2 N–H and O–H groups in total. The highest BCUT2D eigenvalue weighted by atomic mass is 19.4. The highest BCUT2D eigenvalue weighted by Crippen LogP contribution is 2.17. The number of aromatic nitrogens is 1. The van der Waals surface area contributed by atoms with E-state index >= 15 is 0 Å². The second-order valence-corrected chi connectivity index (χ2v) is 2.88. The number of carbonyl (C=O) groups excluding carboxylic acids is 1. The summed E-state index contributed by atoms with van der Waals surface area (Å²) in [4.78, 5) is 21.4. The standard InChI is InChI=1S/C8H7F3N2O2/c9-8(10,11)4-13-2-5(3-14)6(12)1-7(13)15/h1-3H,4,12H2. The zero-order valence-corrected chi connectivity index (χ0v) is 7.41. The predicted molar refractivity (Wildman–Crippen MR) is 46.6 cm³/mol. The topological polar surface area (TPSA) is 65.1 Å². The lowest BCUT2D eigenvalue weighted by Gasteiger charge is -2.10. The highest BCUT2D eigenvalue weighted by molar-refractivity contribution is 5.82. The monoisotopic (exact) mass is 220 g/mol. The van der Waals surface area contributed by atoms with Gasteiger partial charge in [0.05, 0.1) is 5.56 Å². The summed E-state index contributed by atoms with van der Waals surface area (Å²) in [5.41, 5.74) is 4.07. The summed E-state index contributed by atoms with van der Waals surface area (Å²) in [6.07, 6.45) is -3.43. The van der Waals surface area contributed by atoms with Gasteiger partial charge in [0.1, 0.15) is 6.54 Å². The Labute approximate surface area is 82.1 Å². The normalized spacial score (nSPS) is 11.4. The number of nitrogens with two attached hydrogens (primary N) is 1. The molecule has 0 bridgehead atoms. The van der Waals surface area contributed by atoms with E-state index in [2.05, 4.69) is 0 Å². The first-order chi connectivity index (χ1) is 6.83. The fourth-order valence-electron chi connectivity index (χ4n) is 1.02. The molecule has 1 aromatic rings. The van der Waals surface area contributed by atoms with Crippen LogP contribution >= 0.6 is 0 Å². The largest absolute Gasteiger partial charge is 0.406 e. The molecule has 15 heavy (non-hydrogen) atoms. The molecule has 0 aliphatic rings. The number of nitrogens with zero attached hydrogens (tertiary/aromatic N) is 1. The van der Waals surface area contributed by atoms with Gasteiger partial charge in [0.25, 0.3) is 5.56 Å². The van der Waals surface area contributed by atoms with E-state index < -0.39 is 18.3 Å². The summed E-state index contributed by atoms with van der Waals surface area (Å²) < 4.78 is 36.3. The quantitative estimate of drug-likeness (QED) is 0.750. The molecule has 0 atom stereocenters. The Morgan fingerprint density at radius 1 is 1.47 bits per heavy atom. The van der Waals surface area contributed by atoms with Gasteiger partial charge in [-0.2, -0.15) is 13.2 Å². The molecule has 0 aromatic carbocycles. The van der Waals surface area contributed by atoms with Crippen LogP contribution in [-0.2, 0) is 6.54 Å². The molecular formula is C8H7F3N2O2. The second kappa shape index (κ2) is 3.76. The van der Waals surface area contributed by atoms with Gasteiger partial charge in [-0.1, -0.05) is 0 Å². The maximum Gasteiger partial charge on any atom is 0.406 e. The molecule has 0 radical (unpaired) electrons. The van der Waals surface area contributed by atoms with Crippen LogP contribution in [0.2, 0.25) is 0 Å². The van der Waals surface area contributed by atoms with Crippen molar-refractivity contribution in [2.75, 3.05) is 5.73 Å². The van der Waals surface area contributed by atoms with E-state index in [-0.39, 0.29) is 11.3 Å². The molecule has 7 heteroatoms. The molecule has 0 aliphatic carbocycles. The summed E-state index contributed by atoms with van der Waals surface area (Å²) in [7, 11) is 0. The van der Waals surface area contributed by atoms with Gasteiger partial charge in [0.2, 0.25) is 0 Å². The maximum atomic E-state index is 12.0. The van der Waals surface area contributed by atoms with Crippen molar-refractivity contribution in [1.82, 2.24) is 4.57 Å². The number of hydrogen-bond donors (Lipinski definition) is 1. The summed E-state index contributed by atoms with van der Waals surface area (Å²) in [5, 5.41) is 0. The van der Waals surface area contributed by atoms with E-state index in [1.807, 2.05) is 0 Å². The minimum absolute atomic E-state index is 0.131. The Morgan fingerprint density at radius 3 is 2.53 bits per heavy atom. The smallest absolute Gasteiger partial charge is 0.398 e. The van der Waals surface area contributed by atoms with Crippen molar-refractivity contribution in [2.24, 2.45) is 0 Å². The molecule has 0 aliphatic heterocycles. The van der Waals surface area contributed by atoms with E-state index in [4.69, 9.17) is 5.73 Å². The third-order valence-electron chi connectivity index (χ3n) is 1.67. The molecule has 0 fully saturated rings. The Hall–Kier alpha value is -1.79. The number of nitrogen functional groups attached to an aromatic ring is 1. The van der Waals surface area contributed by atoms with Gasteiger partial charge in [0, 0.05) is 18.0 Å². The maximum absolute atomic E-state index is 12.0. The van der Waals surface area contributed by atoms with Crippen molar-refractivity contribution in [1.29, 1.82) is 0 Å². The summed E-state index contributed by atoms with van der Waals surface area (Å²) in [5.74, 6) is 0. The van der Waals surface area contributed by atoms with Crippen molar-refractivity contribution in [3.05, 3.63) is 28.2 Å². The van der Waals surface area contributed by atoms with Crippen molar-refractivity contribution in [3.8, 4) is 0 Å². The number of aldehydes is 1. The molecule has 0 saturated carbocycles. The molecule has 0 unspecified atom stereocenters. The Bertz CT molecular complexity index is 436. The lowest BCUT2D eigenvalue weighted by molar-refractivity contribution is -0.141. The van der Waals surface area contributed by atoms with Crippen LogP contribution in [0.3, 0.4) is 0 Å². The Morgan fingerprint density at radius 2 is 2.07 bits per heavy atom. The SMILES string of the molecule is Nc1cc(=O)n(CC(F)(F)F)cc1C=O. The first-order valence-electron chi connectivity index (χ1n) is 3.85. The molecule has 1 aromatic heterocycles. The summed E-state index contributed by atoms with van der Waals surface area (Å²) in [6, 6.07) is 0.787. The van der Waals surface area contributed by atoms with Gasteiger partial charge in [-0.15, -0.1) is 0 Å². The van der Waals surface area contributed by atoms with E-state index in [0.29, 0.717) is 10.9 Å². The third kappa shape index (κ3) is 2.83. The van der Waals surface area contributed by atoms with Crippen LogP contribution in [0.1, 0.15) is 10.4 Å². The average Bonchev–Trinajstić information content (AvgIpc) is 2.07.